The molecule has 5 rings (SSSR count). The minimum atomic E-state index is 0.401. The van der Waals surface area contributed by atoms with E-state index >= 15 is 0 Å². The van der Waals surface area contributed by atoms with E-state index in [1.54, 1.807) is 19.5 Å². The number of halogens is 1. The van der Waals surface area contributed by atoms with Crippen molar-refractivity contribution in [2.75, 3.05) is 20.3 Å². The second kappa shape index (κ2) is 12.2. The van der Waals surface area contributed by atoms with Crippen molar-refractivity contribution in [3.63, 3.8) is 0 Å². The standard InChI is InChI=1S/C27H25ClN6O3S/c1-18-8-9-20(16-23(18)36-15-5-14-35-2)26-32-30-24(37-26)17-38-27-33-31-25(19-10-12-29-13-11-19)34(27)22-7-4-3-6-21(22)28/h3-4,6-13,16H,5,14-15,17H2,1-2H3. The van der Waals surface area contributed by atoms with Crippen LogP contribution in [0.15, 0.2) is 76.6 Å². The number of para-hydroxylation sites is 1. The van der Waals surface area contributed by atoms with Gasteiger partial charge >= 0.3 is 0 Å². The quantitative estimate of drug-likeness (QED) is 0.144. The van der Waals surface area contributed by atoms with Gasteiger partial charge in [0, 0.05) is 43.7 Å². The molecule has 0 unspecified atom stereocenters. The van der Waals surface area contributed by atoms with Crippen LogP contribution in [0, 0.1) is 6.92 Å². The Kier molecular flexibility index (Phi) is 8.32. The molecule has 0 aliphatic carbocycles. The van der Waals surface area contributed by atoms with Crippen LogP contribution in [0.2, 0.25) is 5.02 Å². The Balaban J connectivity index is 1.36. The lowest BCUT2D eigenvalue weighted by Gasteiger charge is -2.11. The Morgan fingerprint density at radius 1 is 0.947 bits per heavy atom. The van der Waals surface area contributed by atoms with Crippen molar-refractivity contribution >= 4 is 23.4 Å². The molecule has 194 valence electrons. The minimum absolute atomic E-state index is 0.401. The Bertz CT molecular complexity index is 1510. The number of thioether (sulfide) groups is 1. The molecule has 0 atom stereocenters. The predicted molar refractivity (Wildman–Crippen MR) is 146 cm³/mol. The van der Waals surface area contributed by atoms with Crippen molar-refractivity contribution in [3.8, 4) is 34.3 Å². The summed E-state index contributed by atoms with van der Waals surface area (Å²) in [6.07, 6.45) is 4.24. The van der Waals surface area contributed by atoms with Crippen LogP contribution in [-0.2, 0) is 10.5 Å². The summed E-state index contributed by atoms with van der Waals surface area (Å²) >= 11 is 7.98. The zero-order chi connectivity index (χ0) is 26.3. The molecule has 2 aromatic carbocycles. The van der Waals surface area contributed by atoms with Crippen LogP contribution in [-0.4, -0.2) is 50.3 Å². The first-order valence-electron chi connectivity index (χ1n) is 11.9. The lowest BCUT2D eigenvalue weighted by atomic mass is 10.1. The summed E-state index contributed by atoms with van der Waals surface area (Å²) in [5.41, 5.74) is 3.47. The monoisotopic (exact) mass is 548 g/mol. The summed E-state index contributed by atoms with van der Waals surface area (Å²) in [6, 6.07) is 17.2. The molecular formula is C27H25ClN6O3S. The van der Waals surface area contributed by atoms with Gasteiger partial charge in [0.1, 0.15) is 5.75 Å². The summed E-state index contributed by atoms with van der Waals surface area (Å²) in [4.78, 5) is 4.10. The Morgan fingerprint density at radius 3 is 2.61 bits per heavy atom. The van der Waals surface area contributed by atoms with Gasteiger partial charge in [-0.05, 0) is 48.9 Å². The van der Waals surface area contributed by atoms with Crippen LogP contribution in [0.5, 0.6) is 5.75 Å². The van der Waals surface area contributed by atoms with Gasteiger partial charge < -0.3 is 13.9 Å². The number of pyridine rings is 1. The van der Waals surface area contributed by atoms with Gasteiger partial charge in [0.15, 0.2) is 11.0 Å². The molecule has 0 spiro atoms. The maximum atomic E-state index is 6.55. The Morgan fingerprint density at radius 2 is 1.79 bits per heavy atom. The van der Waals surface area contributed by atoms with Crippen LogP contribution in [0.3, 0.4) is 0 Å². The number of nitrogens with zero attached hydrogens (tertiary/aromatic N) is 6. The first-order valence-corrected chi connectivity index (χ1v) is 13.3. The van der Waals surface area contributed by atoms with E-state index in [0.29, 0.717) is 46.8 Å². The zero-order valence-electron chi connectivity index (χ0n) is 20.9. The number of benzene rings is 2. The van der Waals surface area contributed by atoms with E-state index in [9.17, 15) is 0 Å². The van der Waals surface area contributed by atoms with Crippen LogP contribution >= 0.6 is 23.4 Å². The second-order valence-corrected chi connectivity index (χ2v) is 9.64. The van der Waals surface area contributed by atoms with E-state index in [2.05, 4.69) is 25.4 Å². The number of hydrogen-bond donors (Lipinski definition) is 0. The van der Waals surface area contributed by atoms with Crippen LogP contribution < -0.4 is 4.74 Å². The molecule has 3 aromatic heterocycles. The summed E-state index contributed by atoms with van der Waals surface area (Å²) in [7, 11) is 1.68. The van der Waals surface area contributed by atoms with E-state index < -0.39 is 0 Å². The summed E-state index contributed by atoms with van der Waals surface area (Å²) < 4.78 is 18.9. The lowest BCUT2D eigenvalue weighted by molar-refractivity contribution is 0.172. The van der Waals surface area contributed by atoms with Crippen molar-refractivity contribution in [2.45, 2.75) is 24.3 Å². The highest BCUT2D eigenvalue weighted by atomic mass is 35.5. The fraction of sp³-hybridized carbons (Fsp3) is 0.222. The van der Waals surface area contributed by atoms with Crippen LogP contribution in [0.25, 0.3) is 28.5 Å². The third kappa shape index (κ3) is 5.88. The highest BCUT2D eigenvalue weighted by Crippen LogP contribution is 2.33. The fourth-order valence-electron chi connectivity index (χ4n) is 3.73. The van der Waals surface area contributed by atoms with Gasteiger partial charge in [-0.15, -0.1) is 20.4 Å². The zero-order valence-corrected chi connectivity index (χ0v) is 22.4. The number of aromatic nitrogens is 6. The fourth-order valence-corrected chi connectivity index (χ4v) is 4.73. The van der Waals surface area contributed by atoms with Crippen LogP contribution in [0.1, 0.15) is 17.9 Å². The van der Waals surface area contributed by atoms with Crippen molar-refractivity contribution in [2.24, 2.45) is 0 Å². The molecule has 3 heterocycles. The average Bonchev–Trinajstić information content (AvgIpc) is 3.59. The lowest BCUT2D eigenvalue weighted by Crippen LogP contribution is -2.02. The molecule has 0 saturated heterocycles. The number of rotatable bonds is 11. The average molecular weight is 549 g/mol. The van der Waals surface area contributed by atoms with Gasteiger partial charge in [-0.3, -0.25) is 9.55 Å². The number of aryl methyl sites for hydroxylation is 1. The molecule has 0 aliphatic rings. The molecule has 0 fully saturated rings. The third-order valence-corrected chi connectivity index (χ3v) is 6.88. The third-order valence-electron chi connectivity index (χ3n) is 5.64. The van der Waals surface area contributed by atoms with Gasteiger partial charge in [-0.2, -0.15) is 0 Å². The molecule has 0 aliphatic heterocycles. The summed E-state index contributed by atoms with van der Waals surface area (Å²) in [5, 5.41) is 18.6. The molecule has 0 amide bonds. The number of hydrogen-bond acceptors (Lipinski definition) is 9. The number of methoxy groups -OCH3 is 1. The number of ether oxygens (including phenoxy) is 2. The SMILES string of the molecule is COCCCOc1cc(-c2nnc(CSc3nnc(-c4ccncc4)n3-c3ccccc3Cl)o2)ccc1C. The van der Waals surface area contributed by atoms with E-state index in [0.717, 1.165) is 34.5 Å². The molecule has 0 bridgehead atoms. The molecule has 11 heteroatoms. The maximum Gasteiger partial charge on any atom is 0.247 e. The van der Waals surface area contributed by atoms with Gasteiger partial charge in [0.05, 0.1) is 23.1 Å². The van der Waals surface area contributed by atoms with Crippen molar-refractivity contribution in [1.82, 2.24) is 29.9 Å². The smallest absolute Gasteiger partial charge is 0.247 e. The van der Waals surface area contributed by atoms with E-state index in [-0.39, 0.29) is 0 Å². The summed E-state index contributed by atoms with van der Waals surface area (Å²) in [5.74, 6) is 2.73. The molecule has 0 saturated carbocycles. The van der Waals surface area contributed by atoms with Gasteiger partial charge in [0.25, 0.3) is 0 Å². The largest absolute Gasteiger partial charge is 0.493 e. The predicted octanol–water partition coefficient (Wildman–Crippen LogP) is 6.05. The van der Waals surface area contributed by atoms with Crippen LogP contribution in [0.4, 0.5) is 0 Å². The first kappa shape index (κ1) is 25.9. The van der Waals surface area contributed by atoms with E-state index in [1.807, 2.05) is 66.1 Å². The normalized spacial score (nSPS) is 11.1. The highest BCUT2D eigenvalue weighted by Gasteiger charge is 2.19. The van der Waals surface area contributed by atoms with Gasteiger partial charge in [-0.1, -0.05) is 41.6 Å². The molecular weight excluding hydrogens is 524 g/mol. The molecule has 0 radical (unpaired) electrons. The van der Waals surface area contributed by atoms with E-state index in [1.165, 1.54) is 11.8 Å². The first-order chi connectivity index (χ1) is 18.6. The minimum Gasteiger partial charge on any atom is -0.493 e. The highest BCUT2D eigenvalue weighted by molar-refractivity contribution is 7.98. The molecule has 38 heavy (non-hydrogen) atoms. The Labute approximate surface area is 229 Å². The van der Waals surface area contributed by atoms with Crippen molar-refractivity contribution < 1.29 is 13.9 Å². The van der Waals surface area contributed by atoms with Gasteiger partial charge in [-0.25, -0.2) is 0 Å². The summed E-state index contributed by atoms with van der Waals surface area (Å²) in [6.45, 7) is 3.22. The van der Waals surface area contributed by atoms with E-state index in [4.69, 9.17) is 25.5 Å². The van der Waals surface area contributed by atoms with Crippen molar-refractivity contribution in [3.05, 3.63) is 83.5 Å². The molecule has 0 N–H and O–H groups in total. The second-order valence-electron chi connectivity index (χ2n) is 8.29. The Hall–Kier alpha value is -3.73. The molecule has 5 aromatic rings. The van der Waals surface area contributed by atoms with Gasteiger partial charge in [0.2, 0.25) is 11.8 Å². The maximum absolute atomic E-state index is 6.55. The van der Waals surface area contributed by atoms with Crippen molar-refractivity contribution in [1.29, 1.82) is 0 Å². The topological polar surface area (TPSA) is 101 Å². The molecule has 9 nitrogen and oxygen atoms in total.